The molecule has 0 heterocycles. The molecule has 0 aromatic heterocycles. The zero-order chi connectivity index (χ0) is 27.0. The van der Waals surface area contributed by atoms with Gasteiger partial charge in [-0.3, -0.25) is 53.5 Å². The summed E-state index contributed by atoms with van der Waals surface area (Å²) < 4.78 is 121. The summed E-state index contributed by atoms with van der Waals surface area (Å²) >= 11 is 0. The summed E-state index contributed by atoms with van der Waals surface area (Å²) in [7, 11) is -29.4. The predicted octanol–water partition coefficient (Wildman–Crippen LogP) is -0.902. The summed E-state index contributed by atoms with van der Waals surface area (Å²) in [5.74, 6) is 0. The molecule has 0 aliphatic rings. The number of hydrogen-bond acceptors (Lipinski definition) is 7. The topological polar surface area (TPSA) is 342 Å². The quantitative estimate of drug-likeness (QED) is 0.0690. The van der Waals surface area contributed by atoms with Crippen LogP contribution in [0, 0.1) is 0 Å². The van der Waals surface area contributed by atoms with Gasteiger partial charge in [-0.05, 0) is 0 Å². The van der Waals surface area contributed by atoms with E-state index in [2.05, 4.69) is 0 Å². The molecule has 0 fully saturated rings. The van der Waals surface area contributed by atoms with Gasteiger partial charge >= 0.3 is 58.4 Å². The van der Waals surface area contributed by atoms with Gasteiger partial charge in [0, 0.05) is 0 Å². The van der Waals surface area contributed by atoms with Crippen molar-refractivity contribution in [3.8, 4) is 0 Å². The van der Waals surface area contributed by atoms with Crippen LogP contribution >= 0.6 is 39.5 Å². The first-order valence-corrected chi connectivity index (χ1v) is 14.0. The molecule has 0 saturated carbocycles. The van der Waals surface area contributed by atoms with Gasteiger partial charge in [-0.2, -0.15) is 8.42 Å². The van der Waals surface area contributed by atoms with E-state index in [1.165, 1.54) is 0 Å². The average Bonchev–Trinajstić information content (AvgIpc) is 1.94. The molecule has 0 saturated heterocycles. The van der Waals surface area contributed by atoms with Crippen molar-refractivity contribution in [2.45, 2.75) is 0 Å². The van der Waals surface area contributed by atoms with Crippen molar-refractivity contribution in [1.29, 1.82) is 0 Å². The van der Waals surface area contributed by atoms with E-state index in [1.54, 1.807) is 0 Å². The van der Waals surface area contributed by atoms with E-state index in [0.29, 0.717) is 6.26 Å². The summed E-state index contributed by atoms with van der Waals surface area (Å²) in [6.07, 6.45) is 0.715. The fourth-order valence-electron chi connectivity index (χ4n) is 0. The summed E-state index contributed by atoms with van der Waals surface area (Å²) in [4.78, 5) is 69.7. The number of hydrogen-bond donors (Lipinski definition) is 11. The molecule has 0 aromatic rings. The van der Waals surface area contributed by atoms with Crippen LogP contribution in [0.2, 0.25) is 0 Å². The van der Waals surface area contributed by atoms with E-state index >= 15 is 0 Å². The minimum absolute atomic E-state index is 0. The van der Waals surface area contributed by atoms with E-state index in [-0.39, 0.29) is 18.9 Å². The molecular weight excluding hydrogens is 589 g/mol. The van der Waals surface area contributed by atoms with Crippen molar-refractivity contribution in [3.63, 3.8) is 0 Å². The van der Waals surface area contributed by atoms with Crippen LogP contribution in [0.15, 0.2) is 0 Å². The molecule has 0 aliphatic heterocycles. The van der Waals surface area contributed by atoms with Gasteiger partial charge in [0.25, 0.3) is 10.1 Å². The summed E-state index contributed by atoms with van der Waals surface area (Å²) in [6.45, 7) is 0. The Morgan fingerprint density at radius 3 is 0.484 bits per heavy atom. The summed E-state index contributed by atoms with van der Waals surface area (Å²) in [6, 6.07) is 0. The van der Waals surface area contributed by atoms with Crippen LogP contribution in [-0.2, 0) is 32.9 Å². The number of rotatable bonds is 0. The first-order chi connectivity index (χ1) is 12.0. The molecule has 0 aromatic carbocycles. The second kappa shape index (κ2) is 20.3. The van der Waals surface area contributed by atoms with Crippen molar-refractivity contribution < 1.29 is 106 Å². The molecular formula is CH15F5LiO18P5S. The van der Waals surface area contributed by atoms with Gasteiger partial charge in [0.15, 0.2) is 0 Å². The van der Waals surface area contributed by atoms with Gasteiger partial charge in [-0.15, -0.1) is 21.0 Å². The van der Waals surface area contributed by atoms with Gasteiger partial charge in [0.05, 0.1) is 6.26 Å². The summed E-state index contributed by atoms with van der Waals surface area (Å²) in [5, 5.41) is 0. The van der Waals surface area contributed by atoms with E-state index < -0.39 is 49.7 Å². The molecule has 0 radical (unpaired) electrons. The monoisotopic (exact) mass is 604 g/mol. The molecule has 0 aliphatic carbocycles. The summed E-state index contributed by atoms with van der Waals surface area (Å²) in [5.41, 5.74) is 0. The Hall–Kier alpha value is 0.907. The van der Waals surface area contributed by atoms with Gasteiger partial charge in [0.1, 0.15) is 0 Å². The van der Waals surface area contributed by atoms with E-state index in [1.807, 2.05) is 0 Å². The Kier molecular flexibility index (Phi) is 32.2. The van der Waals surface area contributed by atoms with Crippen LogP contribution in [0.5, 0.6) is 0 Å². The van der Waals surface area contributed by atoms with Crippen LogP contribution < -0.4 is 0 Å². The van der Waals surface area contributed by atoms with Crippen LogP contribution in [0.1, 0.15) is 0 Å². The number of halogens is 5. The molecule has 0 atom stereocenters. The fraction of sp³-hybridized carbons (Fsp3) is 1.00. The zero-order valence-corrected chi connectivity index (χ0v) is 18.6. The first-order valence-electron chi connectivity index (χ1n) is 4.68. The molecule has 11 N–H and O–H groups in total. The Bertz CT molecular complexity index is 587. The molecule has 31 heavy (non-hydrogen) atoms. The van der Waals surface area contributed by atoms with Crippen LogP contribution in [0.3, 0.4) is 0 Å². The normalized spacial score (nSPS) is 11.4. The molecule has 0 amide bonds. The van der Waals surface area contributed by atoms with Crippen molar-refractivity contribution in [1.82, 2.24) is 0 Å². The molecule has 0 spiro atoms. The Balaban J connectivity index is -0.0000000443. The van der Waals surface area contributed by atoms with E-state index in [9.17, 15) is 29.4 Å². The minimum atomic E-state index is -5.14. The molecule has 0 rings (SSSR count). The molecule has 18 nitrogen and oxygen atoms in total. The fourth-order valence-corrected chi connectivity index (χ4v) is 0. The third-order valence-corrected chi connectivity index (χ3v) is 0. The Morgan fingerprint density at radius 2 is 0.484 bits per heavy atom. The Morgan fingerprint density at radius 1 is 0.484 bits per heavy atom. The van der Waals surface area contributed by atoms with Gasteiger partial charge < -0.3 is 0 Å². The van der Waals surface area contributed by atoms with Crippen molar-refractivity contribution in [3.05, 3.63) is 0 Å². The maximum atomic E-state index is 10.4. The maximum absolute atomic E-state index is 10.4. The van der Waals surface area contributed by atoms with Gasteiger partial charge in [-0.25, -0.2) is 22.8 Å². The molecule has 0 bridgehead atoms. The molecule has 0 unspecified atom stereocenters. The standard InChI is InChI=1S/CH4O3S.5FH2O3P.Li.H/c6*1-5(2,3)4;;/h1H3,(H,2,3,4);5*(H2,2,3,4);;. The second-order valence-corrected chi connectivity index (χ2v) is 9.29. The van der Waals surface area contributed by atoms with Crippen LogP contribution in [-0.4, -0.2) is 87.0 Å². The van der Waals surface area contributed by atoms with Gasteiger partial charge in [-0.1, -0.05) is 0 Å². The average molecular weight is 604 g/mol. The zero-order valence-electron chi connectivity index (χ0n) is 13.3. The first kappa shape index (κ1) is 49.1. The van der Waals surface area contributed by atoms with Crippen LogP contribution in [0.4, 0.5) is 21.0 Å². The third kappa shape index (κ3) is 31400. The molecule has 194 valence electrons. The third-order valence-electron chi connectivity index (χ3n) is 0. The van der Waals surface area contributed by atoms with Crippen molar-refractivity contribution in [2.24, 2.45) is 0 Å². The Labute approximate surface area is 180 Å². The van der Waals surface area contributed by atoms with Crippen molar-refractivity contribution in [2.75, 3.05) is 6.26 Å². The second-order valence-electron chi connectivity index (χ2n) is 3.10. The predicted molar refractivity (Wildman–Crippen MR) is 90.4 cm³/mol. The van der Waals surface area contributed by atoms with E-state index in [0.717, 1.165) is 0 Å². The van der Waals surface area contributed by atoms with E-state index in [4.69, 9.17) is 76.3 Å². The SMILES string of the molecule is CS(=O)(=O)O.O=P(O)(O)F.O=P(O)(O)F.O=P(O)(O)F.O=P(O)(O)F.O=P(O)(O)F.[LiH]. The molecule has 30 heteroatoms. The van der Waals surface area contributed by atoms with Crippen molar-refractivity contribution >= 4 is 68.5 Å². The van der Waals surface area contributed by atoms with Gasteiger partial charge in [0.2, 0.25) is 0 Å². The van der Waals surface area contributed by atoms with Crippen LogP contribution in [0.25, 0.3) is 0 Å².